The van der Waals surface area contributed by atoms with E-state index < -0.39 is 0 Å². The predicted octanol–water partition coefficient (Wildman–Crippen LogP) is 2.72. The van der Waals surface area contributed by atoms with Gasteiger partial charge in [0.2, 0.25) is 0 Å². The average molecular weight is 238 g/mol. The van der Waals surface area contributed by atoms with Crippen LogP contribution in [0.4, 0.5) is 0 Å². The van der Waals surface area contributed by atoms with E-state index in [1.807, 2.05) is 20.1 Å². The van der Waals surface area contributed by atoms with Crippen molar-refractivity contribution in [2.24, 2.45) is 0 Å². The highest BCUT2D eigenvalue weighted by Crippen LogP contribution is 2.18. The fourth-order valence-corrected chi connectivity index (χ4v) is 1.74. The first kappa shape index (κ1) is 13.0. The van der Waals surface area contributed by atoms with Gasteiger partial charge in [0.25, 0.3) is 5.91 Å². The highest BCUT2D eigenvalue weighted by atomic mass is 32.2. The van der Waals surface area contributed by atoms with Gasteiger partial charge in [-0.25, -0.2) is 4.98 Å². The number of aromatic nitrogens is 1. The van der Waals surface area contributed by atoms with E-state index >= 15 is 0 Å². The second kappa shape index (κ2) is 5.34. The maximum atomic E-state index is 12.0. The van der Waals surface area contributed by atoms with Gasteiger partial charge in [0.1, 0.15) is 5.03 Å². The summed E-state index contributed by atoms with van der Waals surface area (Å²) in [4.78, 5) is 16.2. The summed E-state index contributed by atoms with van der Waals surface area (Å²) >= 11 is 1.49. The van der Waals surface area contributed by atoms with E-state index in [2.05, 4.69) is 17.2 Å². The van der Waals surface area contributed by atoms with Crippen LogP contribution in [0.15, 0.2) is 23.4 Å². The molecule has 0 saturated carbocycles. The molecule has 3 nitrogen and oxygen atoms in total. The normalized spacial score (nSPS) is 11.2. The van der Waals surface area contributed by atoms with Crippen LogP contribution in [-0.2, 0) is 0 Å². The van der Waals surface area contributed by atoms with E-state index in [1.165, 1.54) is 11.8 Å². The minimum Gasteiger partial charge on any atom is -0.347 e. The lowest BCUT2D eigenvalue weighted by Gasteiger charge is -2.24. The van der Waals surface area contributed by atoms with Gasteiger partial charge in [-0.3, -0.25) is 4.79 Å². The molecule has 4 heteroatoms. The summed E-state index contributed by atoms with van der Waals surface area (Å²) in [6.07, 6.45) is 4.52. The molecule has 0 aromatic carbocycles. The van der Waals surface area contributed by atoms with Crippen molar-refractivity contribution in [3.05, 3.63) is 23.9 Å². The Morgan fingerprint density at radius 2 is 2.25 bits per heavy atom. The highest BCUT2D eigenvalue weighted by Gasteiger charge is 2.20. The number of nitrogens with zero attached hydrogens (tertiary/aromatic N) is 1. The molecule has 0 aliphatic carbocycles. The molecule has 0 unspecified atom stereocenters. The van der Waals surface area contributed by atoms with Crippen LogP contribution in [0, 0.1) is 0 Å². The minimum absolute atomic E-state index is 0.0516. The molecule has 0 spiro atoms. The largest absolute Gasteiger partial charge is 0.347 e. The summed E-state index contributed by atoms with van der Waals surface area (Å²) < 4.78 is 0. The molecule has 1 N–H and O–H groups in total. The Labute approximate surface area is 101 Å². The molecule has 0 saturated heterocycles. The van der Waals surface area contributed by atoms with E-state index in [4.69, 9.17) is 0 Å². The first-order valence-corrected chi connectivity index (χ1v) is 6.54. The molecule has 1 aromatic heterocycles. The summed E-state index contributed by atoms with van der Waals surface area (Å²) in [5.41, 5.74) is 0.472. The van der Waals surface area contributed by atoms with Crippen LogP contribution in [0.2, 0.25) is 0 Å². The number of hydrogen-bond acceptors (Lipinski definition) is 3. The SMILES string of the molecule is CCC(C)(C)NC(=O)c1cccnc1SC. The molecule has 1 aromatic rings. The zero-order valence-electron chi connectivity index (χ0n) is 10.2. The second-order valence-corrected chi connectivity index (χ2v) is 5.05. The van der Waals surface area contributed by atoms with Gasteiger partial charge in [-0.1, -0.05) is 6.92 Å². The summed E-state index contributed by atoms with van der Waals surface area (Å²) in [5, 5.41) is 3.77. The van der Waals surface area contributed by atoms with Gasteiger partial charge in [0.15, 0.2) is 0 Å². The molecule has 0 bridgehead atoms. The van der Waals surface area contributed by atoms with Gasteiger partial charge in [0.05, 0.1) is 5.56 Å². The van der Waals surface area contributed by atoms with Gasteiger partial charge in [-0.15, -0.1) is 11.8 Å². The Hall–Kier alpha value is -1.03. The van der Waals surface area contributed by atoms with Crippen molar-refractivity contribution in [3.8, 4) is 0 Å². The van der Waals surface area contributed by atoms with Crippen molar-refractivity contribution in [1.29, 1.82) is 0 Å². The first-order valence-electron chi connectivity index (χ1n) is 5.31. The third-order valence-electron chi connectivity index (χ3n) is 2.54. The summed E-state index contributed by atoms with van der Waals surface area (Å²) in [7, 11) is 0. The number of carbonyl (C=O) groups excluding carboxylic acids is 1. The number of thioether (sulfide) groups is 1. The maximum Gasteiger partial charge on any atom is 0.254 e. The molecule has 0 atom stereocenters. The van der Waals surface area contributed by atoms with Crippen LogP contribution in [0.5, 0.6) is 0 Å². The molecule has 0 aliphatic heterocycles. The molecule has 1 heterocycles. The molecular formula is C12H18N2OS. The quantitative estimate of drug-likeness (QED) is 0.820. The average Bonchev–Trinajstić information content (AvgIpc) is 2.28. The Bertz CT molecular complexity index is 377. The lowest BCUT2D eigenvalue weighted by atomic mass is 10.0. The van der Waals surface area contributed by atoms with Crippen molar-refractivity contribution in [2.45, 2.75) is 37.8 Å². The minimum atomic E-state index is -0.178. The Balaban J connectivity index is 2.88. The van der Waals surface area contributed by atoms with Crippen molar-refractivity contribution >= 4 is 17.7 Å². The summed E-state index contributed by atoms with van der Waals surface area (Å²) in [5.74, 6) is -0.0516. The third kappa shape index (κ3) is 3.23. The molecule has 0 fully saturated rings. The van der Waals surface area contributed by atoms with Crippen LogP contribution in [0.25, 0.3) is 0 Å². The number of nitrogens with one attached hydrogen (secondary N) is 1. The van der Waals surface area contributed by atoms with Crippen molar-refractivity contribution in [2.75, 3.05) is 6.26 Å². The van der Waals surface area contributed by atoms with Crippen LogP contribution < -0.4 is 5.32 Å². The molecule has 1 amide bonds. The lowest BCUT2D eigenvalue weighted by Crippen LogP contribution is -2.43. The molecule has 0 radical (unpaired) electrons. The smallest absolute Gasteiger partial charge is 0.254 e. The number of carbonyl (C=O) groups is 1. The number of pyridine rings is 1. The van der Waals surface area contributed by atoms with Crippen LogP contribution in [0.3, 0.4) is 0 Å². The van der Waals surface area contributed by atoms with Gasteiger partial charge in [-0.05, 0) is 38.7 Å². The molecule has 88 valence electrons. The van der Waals surface area contributed by atoms with Crippen LogP contribution in [-0.4, -0.2) is 22.7 Å². The maximum absolute atomic E-state index is 12.0. The Morgan fingerprint density at radius 1 is 1.56 bits per heavy atom. The van der Waals surface area contributed by atoms with Crippen molar-refractivity contribution in [3.63, 3.8) is 0 Å². The van der Waals surface area contributed by atoms with Gasteiger partial charge >= 0.3 is 0 Å². The Morgan fingerprint density at radius 3 is 2.81 bits per heavy atom. The third-order valence-corrected chi connectivity index (χ3v) is 3.26. The second-order valence-electron chi connectivity index (χ2n) is 4.25. The van der Waals surface area contributed by atoms with E-state index in [-0.39, 0.29) is 11.4 Å². The van der Waals surface area contributed by atoms with E-state index in [9.17, 15) is 4.79 Å². The zero-order valence-corrected chi connectivity index (χ0v) is 11.0. The standard InChI is InChI=1S/C12H18N2OS/c1-5-12(2,3)14-10(15)9-7-6-8-13-11(9)16-4/h6-8H,5H2,1-4H3,(H,14,15). The molecular weight excluding hydrogens is 220 g/mol. The van der Waals surface area contributed by atoms with E-state index in [0.29, 0.717) is 5.56 Å². The number of amides is 1. The van der Waals surface area contributed by atoms with E-state index in [0.717, 1.165) is 11.4 Å². The fraction of sp³-hybridized carbons (Fsp3) is 0.500. The predicted molar refractivity (Wildman–Crippen MR) is 67.9 cm³/mol. The monoisotopic (exact) mass is 238 g/mol. The first-order chi connectivity index (χ1) is 7.50. The lowest BCUT2D eigenvalue weighted by molar-refractivity contribution is 0.0907. The van der Waals surface area contributed by atoms with Crippen molar-refractivity contribution in [1.82, 2.24) is 10.3 Å². The molecule has 1 rings (SSSR count). The number of hydrogen-bond donors (Lipinski definition) is 1. The molecule has 0 aliphatic rings. The summed E-state index contributed by atoms with van der Waals surface area (Å²) in [6.45, 7) is 6.08. The van der Waals surface area contributed by atoms with Gasteiger partial charge < -0.3 is 5.32 Å². The van der Waals surface area contributed by atoms with Crippen LogP contribution >= 0.6 is 11.8 Å². The van der Waals surface area contributed by atoms with Gasteiger partial charge in [0, 0.05) is 11.7 Å². The number of rotatable bonds is 4. The van der Waals surface area contributed by atoms with Gasteiger partial charge in [-0.2, -0.15) is 0 Å². The molecule has 16 heavy (non-hydrogen) atoms. The highest BCUT2D eigenvalue weighted by molar-refractivity contribution is 7.98. The topological polar surface area (TPSA) is 42.0 Å². The van der Waals surface area contributed by atoms with Crippen molar-refractivity contribution < 1.29 is 4.79 Å². The zero-order chi connectivity index (χ0) is 12.2. The fourth-order valence-electron chi connectivity index (χ4n) is 1.19. The van der Waals surface area contributed by atoms with Crippen LogP contribution in [0.1, 0.15) is 37.6 Å². The van der Waals surface area contributed by atoms with E-state index in [1.54, 1.807) is 18.3 Å². The summed E-state index contributed by atoms with van der Waals surface area (Å²) in [6, 6.07) is 3.59. The Kier molecular flexibility index (Phi) is 4.35.